The van der Waals surface area contributed by atoms with E-state index in [1.165, 1.54) is 11.6 Å². The maximum atomic E-state index is 13.6. The molecule has 13 rings (SSSR count). The number of aromatic nitrogens is 8. The molecule has 30 heteroatoms. The van der Waals surface area contributed by atoms with E-state index in [0.29, 0.717) is 78.9 Å². The number of aryl methyl sites for hydroxylation is 10. The second-order valence-electron chi connectivity index (χ2n) is 30.6. The van der Waals surface area contributed by atoms with Gasteiger partial charge in [0.2, 0.25) is 53.0 Å². The summed E-state index contributed by atoms with van der Waals surface area (Å²) in [4.78, 5) is 11.7. The maximum absolute atomic E-state index is 13.6. The number of carbonyl (C=O) groups excluding carboxylic acids is 1. The molecule has 8 heterocycles. The van der Waals surface area contributed by atoms with Crippen LogP contribution in [0.15, 0.2) is 149 Å². The van der Waals surface area contributed by atoms with Gasteiger partial charge in [0.05, 0.1) is 77.7 Å². The molecule has 0 radical (unpaired) electrons. The standard InChI is InChI=1S/C25H26N4O.C21H21F3N4O2.2C20H21F3N4O/c1-15(2)25(19-12-16(3)11-17(4)13-19)21(14-26)23(27)30-24-22(25)18(5)28-29(24)20-9-7-6-8-10-20;1-10(2)20(14-6-11(3)7-15(8-14)21(22,23)24)16(9-25)18(26-13(5)29)30-19-17(20)12(4)27-28-19;1-10(2)19(13-6-11(3)7-14(8-13)20(21,22)23)15(9-24)17(25)28-18-16(19)12(4)26-27(18)5;1-10(2)19(13-6-11(3)7-14(8-13)20(21,22)23)15(9-24)17(25-5)28-18-16(19)12(4)26-27-18/h6-13,15H,27H2,1-5H3;6-8,10H,1-5H3,(H,26,29)(H,27,28);6-8,10H,25H2,1-5H3;6-8,10,25H,1-5H3,(H,26,27). The van der Waals surface area contributed by atoms with E-state index in [1.54, 1.807) is 92.4 Å². The van der Waals surface area contributed by atoms with Crippen LogP contribution in [0.5, 0.6) is 23.5 Å². The number of aromatic amines is 2. The van der Waals surface area contributed by atoms with Gasteiger partial charge in [-0.05, 0) is 157 Å². The summed E-state index contributed by atoms with van der Waals surface area (Å²) in [7, 11) is 3.26. The second-order valence-corrected chi connectivity index (χ2v) is 30.6. The van der Waals surface area contributed by atoms with Gasteiger partial charge in [0.25, 0.3) is 0 Å². The van der Waals surface area contributed by atoms with Crippen molar-refractivity contribution in [1.29, 1.82) is 21.0 Å². The summed E-state index contributed by atoms with van der Waals surface area (Å²) in [5.74, 6) is -0.0357. The Morgan fingerprint density at radius 2 is 0.793 bits per heavy atom. The van der Waals surface area contributed by atoms with Crippen LogP contribution in [0.2, 0.25) is 0 Å². The summed E-state index contributed by atoms with van der Waals surface area (Å²) in [5, 5.41) is 68.6. The van der Waals surface area contributed by atoms with Crippen LogP contribution >= 0.6 is 0 Å². The lowest BCUT2D eigenvalue weighted by Crippen LogP contribution is -2.43. The minimum Gasteiger partial charge on any atom is -0.422 e. The molecule has 21 nitrogen and oxygen atoms in total. The van der Waals surface area contributed by atoms with E-state index in [1.807, 2.05) is 65.0 Å². The number of alkyl halides is 9. The fourth-order valence-electron chi connectivity index (χ4n) is 17.3. The first-order valence-corrected chi connectivity index (χ1v) is 37.0. The summed E-state index contributed by atoms with van der Waals surface area (Å²) in [6.07, 6.45) is -13.6. The number of amides is 1. The minimum absolute atomic E-state index is 0.0171. The van der Waals surface area contributed by atoms with E-state index in [4.69, 9.17) is 35.5 Å². The van der Waals surface area contributed by atoms with Crippen LogP contribution in [0.1, 0.15) is 174 Å². The Hall–Kier alpha value is -12.7. The summed E-state index contributed by atoms with van der Waals surface area (Å²) in [6, 6.07) is 36.5. The summed E-state index contributed by atoms with van der Waals surface area (Å²) in [5.41, 5.74) is 18.1. The van der Waals surface area contributed by atoms with Crippen LogP contribution in [0, 0.1) is 131 Å². The third-order valence-corrected chi connectivity index (χ3v) is 21.6. The van der Waals surface area contributed by atoms with E-state index in [2.05, 4.69) is 106 Å². The molecule has 0 saturated heterocycles. The highest BCUT2D eigenvalue weighted by atomic mass is 19.4. The van der Waals surface area contributed by atoms with Crippen molar-refractivity contribution in [1.82, 2.24) is 50.6 Å². The van der Waals surface area contributed by atoms with Gasteiger partial charge in [0, 0.05) is 32.4 Å². The zero-order valence-corrected chi connectivity index (χ0v) is 67.7. The van der Waals surface area contributed by atoms with Crippen LogP contribution in [0.25, 0.3) is 5.69 Å². The van der Waals surface area contributed by atoms with Crippen molar-refractivity contribution in [2.45, 2.75) is 165 Å². The molecule has 4 aromatic heterocycles. The highest BCUT2D eigenvalue weighted by Crippen LogP contribution is 2.59. The first kappa shape index (κ1) is 85.7. The Labute approximate surface area is 666 Å². The number of nitrogens with one attached hydrogen (secondary N) is 4. The van der Waals surface area contributed by atoms with Crippen LogP contribution in [-0.4, -0.2) is 52.9 Å². The molecule has 4 aliphatic rings. The third kappa shape index (κ3) is 14.5. The van der Waals surface area contributed by atoms with Crippen molar-refractivity contribution in [3.05, 3.63) is 261 Å². The number of nitrogens with two attached hydrogens (primary N) is 2. The number of hydrogen-bond acceptors (Lipinski definition) is 16. The Bertz CT molecular complexity index is 5680. The average molecular weight is 1600 g/mol. The largest absolute Gasteiger partial charge is 0.422 e. The molecule has 4 unspecified atom stereocenters. The van der Waals surface area contributed by atoms with Gasteiger partial charge in [-0.2, -0.15) is 70.8 Å². The lowest BCUT2D eigenvalue weighted by Gasteiger charge is -2.41. The molecular weight excluding hydrogens is 1510 g/mol. The normalized spacial score (nSPS) is 18.9. The maximum Gasteiger partial charge on any atom is 0.416 e. The van der Waals surface area contributed by atoms with E-state index in [-0.39, 0.29) is 81.2 Å². The zero-order chi connectivity index (χ0) is 85.9. The van der Waals surface area contributed by atoms with Crippen LogP contribution in [0.3, 0.4) is 0 Å². The Kier molecular flexibility index (Phi) is 23.3. The van der Waals surface area contributed by atoms with Gasteiger partial charge in [-0.1, -0.05) is 138 Å². The highest BCUT2D eigenvalue weighted by molar-refractivity contribution is 5.76. The minimum atomic E-state index is -4.56. The quantitative estimate of drug-likeness (QED) is 0.0656. The SMILES string of the molecule is CC(=O)NC1=C(C#N)C(c2cc(C)cc(C(F)(F)F)c2)(C(C)C)c2c(n[nH]c2C)O1.CNC1=C(C#N)C(c2cc(C)cc(C(F)(F)F)c2)(C(C)C)c2c(n[nH]c2C)O1.Cc1cc(C(F)(F)F)cc(C2(C(C)C)C(C#N)=C(N)Oc3c2c(C)nn3C)c1.Cc1cc(C)cc(C2(C(C)C)C(C#N)=C(N)Oc3c2c(C)nn3-c2ccccc2)c1. The van der Waals surface area contributed by atoms with Crippen LogP contribution in [-0.2, 0) is 52.0 Å². The average Bonchev–Trinajstić information content (AvgIpc) is 1.42. The Morgan fingerprint density at radius 1 is 0.466 bits per heavy atom. The predicted octanol–water partition coefficient (Wildman–Crippen LogP) is 17.5. The third-order valence-electron chi connectivity index (χ3n) is 21.6. The fourth-order valence-corrected chi connectivity index (χ4v) is 17.3. The van der Waals surface area contributed by atoms with Gasteiger partial charge >= 0.3 is 18.5 Å². The van der Waals surface area contributed by atoms with Crippen molar-refractivity contribution < 1.29 is 63.3 Å². The fraction of sp³-hybridized carbons (Fsp3) is 0.360. The molecule has 4 aliphatic heterocycles. The topological polar surface area (TPSA) is 318 Å². The number of nitriles is 4. The molecular formula is C86H89F9N16O5. The Morgan fingerprint density at radius 3 is 1.15 bits per heavy atom. The number of carbonyl (C=O) groups is 1. The van der Waals surface area contributed by atoms with Crippen LogP contribution in [0.4, 0.5) is 39.5 Å². The van der Waals surface area contributed by atoms with E-state index < -0.39 is 62.8 Å². The van der Waals surface area contributed by atoms with Gasteiger partial charge < -0.3 is 35.7 Å². The first-order valence-electron chi connectivity index (χ1n) is 37.0. The lowest BCUT2D eigenvalue weighted by molar-refractivity contribution is -0.138. The molecule has 606 valence electrons. The van der Waals surface area contributed by atoms with Gasteiger partial charge in [-0.15, -0.1) is 10.2 Å². The first-order chi connectivity index (χ1) is 54.2. The van der Waals surface area contributed by atoms with Crippen molar-refractivity contribution in [3.63, 3.8) is 0 Å². The highest BCUT2D eigenvalue weighted by Gasteiger charge is 2.57. The molecule has 9 aromatic rings. The smallest absolute Gasteiger partial charge is 0.416 e. The van der Waals surface area contributed by atoms with Crippen molar-refractivity contribution in [2.24, 2.45) is 42.2 Å². The lowest BCUT2D eigenvalue weighted by atomic mass is 9.61. The zero-order valence-electron chi connectivity index (χ0n) is 67.7. The number of H-pyrrole nitrogens is 2. The molecule has 4 atom stereocenters. The number of fused-ring (bicyclic) bond motifs is 4. The number of para-hydroxylation sites is 1. The summed E-state index contributed by atoms with van der Waals surface area (Å²) in [6.45, 7) is 32.7. The van der Waals surface area contributed by atoms with Gasteiger partial charge in [0.15, 0.2) is 0 Å². The molecule has 0 saturated carbocycles. The molecule has 0 spiro atoms. The molecule has 8 N–H and O–H groups in total. The molecule has 0 bridgehead atoms. The molecule has 5 aromatic carbocycles. The number of allylic oxidation sites excluding steroid dienone is 4. The van der Waals surface area contributed by atoms with E-state index in [9.17, 15) is 65.4 Å². The monoisotopic (exact) mass is 1600 g/mol. The molecule has 0 fully saturated rings. The number of benzene rings is 5. The molecule has 116 heavy (non-hydrogen) atoms. The number of ether oxygens (including phenoxy) is 4. The van der Waals surface area contributed by atoms with Crippen LogP contribution < -0.4 is 41.0 Å². The number of hydrogen-bond donors (Lipinski definition) is 6. The van der Waals surface area contributed by atoms with Crippen molar-refractivity contribution in [2.75, 3.05) is 7.05 Å². The summed E-state index contributed by atoms with van der Waals surface area (Å²) >= 11 is 0. The van der Waals surface area contributed by atoms with Gasteiger partial charge in [0.1, 0.15) is 46.6 Å². The van der Waals surface area contributed by atoms with E-state index >= 15 is 0 Å². The van der Waals surface area contributed by atoms with E-state index in [0.717, 1.165) is 70.0 Å². The Balaban J connectivity index is 0.000000163. The number of nitrogens with zero attached hydrogens (tertiary/aromatic N) is 10. The molecule has 1 amide bonds. The number of rotatable bonds is 11. The van der Waals surface area contributed by atoms with Crippen molar-refractivity contribution >= 4 is 5.91 Å². The summed E-state index contributed by atoms with van der Waals surface area (Å²) < 4.78 is 148. The number of halogens is 9. The van der Waals surface area contributed by atoms with Gasteiger partial charge in [-0.3, -0.25) is 20.3 Å². The second kappa shape index (κ2) is 31.6. The van der Waals surface area contributed by atoms with Gasteiger partial charge in [-0.25, -0.2) is 9.36 Å². The predicted molar refractivity (Wildman–Crippen MR) is 414 cm³/mol. The van der Waals surface area contributed by atoms with Crippen molar-refractivity contribution in [3.8, 4) is 53.5 Å². The molecule has 0 aliphatic carbocycles.